The second kappa shape index (κ2) is 12.1. The van der Waals surface area contributed by atoms with Crippen LogP contribution in [-0.4, -0.2) is 42.1 Å². The Hall–Kier alpha value is -4.86. The van der Waals surface area contributed by atoms with Crippen molar-refractivity contribution in [1.82, 2.24) is 10.1 Å². The van der Waals surface area contributed by atoms with Crippen molar-refractivity contribution in [3.05, 3.63) is 111 Å². The maximum atomic E-state index is 13.8. The van der Waals surface area contributed by atoms with E-state index in [4.69, 9.17) is 14.0 Å². The summed E-state index contributed by atoms with van der Waals surface area (Å²) in [7, 11) is 1.26. The highest BCUT2D eigenvalue weighted by atomic mass is 16.6. The second-order valence-electron chi connectivity index (χ2n) is 9.90. The van der Waals surface area contributed by atoms with Gasteiger partial charge in [0, 0.05) is 32.0 Å². The number of amides is 1. The molecule has 0 saturated carbocycles. The van der Waals surface area contributed by atoms with E-state index in [1.807, 2.05) is 60.7 Å². The van der Waals surface area contributed by atoms with Crippen LogP contribution in [0, 0.1) is 19.1 Å². The van der Waals surface area contributed by atoms with Gasteiger partial charge >= 0.3 is 11.9 Å². The van der Waals surface area contributed by atoms with E-state index in [2.05, 4.69) is 9.89 Å². The van der Waals surface area contributed by atoms with Crippen LogP contribution in [0.3, 0.4) is 0 Å². The zero-order chi connectivity index (χ0) is 28.9. The number of ether oxygens (including phenoxy) is 3. The molecule has 1 atom stereocenters. The normalized spacial score (nSPS) is 14.6. The second-order valence-corrected chi connectivity index (χ2v) is 9.90. The van der Waals surface area contributed by atoms with Crippen molar-refractivity contribution in [2.75, 3.05) is 20.2 Å². The summed E-state index contributed by atoms with van der Waals surface area (Å²) in [6, 6.07) is 20.8. The Kier molecular flexibility index (Phi) is 8.19. The molecule has 10 nitrogen and oxygen atoms in total. The third-order valence-corrected chi connectivity index (χ3v) is 7.20. The van der Waals surface area contributed by atoms with Gasteiger partial charge in [0.05, 0.1) is 18.4 Å². The number of nitrogens with zero attached hydrogens (tertiary/aromatic N) is 3. The molecule has 1 saturated heterocycles. The number of pyridine rings is 1. The van der Waals surface area contributed by atoms with Crippen molar-refractivity contribution in [3.8, 4) is 11.5 Å². The number of esters is 1. The summed E-state index contributed by atoms with van der Waals surface area (Å²) in [5.74, 6) is -0.532. The zero-order valence-corrected chi connectivity index (χ0v) is 23.2. The summed E-state index contributed by atoms with van der Waals surface area (Å²) in [5.41, 5.74) is 3.03. The topological polar surface area (TPSA) is 118 Å². The highest BCUT2D eigenvalue weighted by Crippen LogP contribution is 2.37. The van der Waals surface area contributed by atoms with Gasteiger partial charge < -0.3 is 28.8 Å². The van der Waals surface area contributed by atoms with Crippen LogP contribution < -0.4 is 14.2 Å². The molecule has 1 aliphatic rings. The largest absolute Gasteiger partial charge is 0.618 e. The van der Waals surface area contributed by atoms with E-state index in [1.165, 1.54) is 13.2 Å². The fraction of sp³-hybridized carbons (Fsp3) is 0.290. The summed E-state index contributed by atoms with van der Waals surface area (Å²) in [6.45, 7) is 4.51. The van der Waals surface area contributed by atoms with E-state index >= 15 is 0 Å². The van der Waals surface area contributed by atoms with Crippen LogP contribution in [0.1, 0.15) is 61.5 Å². The number of aromatic nitrogens is 2. The SMILES string of the molecule is COC(=O)c1cc([C@@H]2CCN(C(=O)c3c(C)c(OCc4ccccc4)c(OCc4ccccc4)c(C)[n+]3[O-])C2)no1. The lowest BCUT2D eigenvalue weighted by Crippen LogP contribution is -2.44. The van der Waals surface area contributed by atoms with Crippen LogP contribution in [-0.2, 0) is 18.0 Å². The molecule has 0 N–H and O–H groups in total. The smallest absolute Gasteiger partial charge is 0.376 e. The van der Waals surface area contributed by atoms with Crippen molar-refractivity contribution in [1.29, 1.82) is 0 Å². The Labute approximate surface area is 237 Å². The predicted molar refractivity (Wildman–Crippen MR) is 148 cm³/mol. The predicted octanol–water partition coefficient (Wildman–Crippen LogP) is 4.50. The first-order valence-corrected chi connectivity index (χ1v) is 13.3. The van der Waals surface area contributed by atoms with Gasteiger partial charge in [0.25, 0.3) is 5.69 Å². The molecule has 0 aliphatic carbocycles. The van der Waals surface area contributed by atoms with Crippen LogP contribution in [0.4, 0.5) is 0 Å². The quantitative estimate of drug-likeness (QED) is 0.168. The fourth-order valence-corrected chi connectivity index (χ4v) is 4.92. The van der Waals surface area contributed by atoms with Crippen molar-refractivity contribution in [3.63, 3.8) is 0 Å². The van der Waals surface area contributed by atoms with Gasteiger partial charge in [-0.15, -0.1) is 0 Å². The molecule has 212 valence electrons. The van der Waals surface area contributed by atoms with Crippen LogP contribution in [0.25, 0.3) is 0 Å². The summed E-state index contributed by atoms with van der Waals surface area (Å²) in [6.07, 6.45) is 0.603. The molecule has 3 heterocycles. The highest BCUT2D eigenvalue weighted by Gasteiger charge is 2.37. The van der Waals surface area contributed by atoms with E-state index in [-0.39, 0.29) is 36.3 Å². The standard InChI is InChI=1S/C31H31N3O7/c1-20-27(30(35)33-15-14-24(17-33)25-16-26(41-32-25)31(36)38-3)34(37)21(2)29(40-19-23-12-8-5-9-13-23)28(20)39-18-22-10-6-4-7-11-22/h4-13,16,24H,14-15,17-19H2,1-3H3/t24-/m1/s1. The molecule has 0 unspecified atom stereocenters. The van der Waals surface area contributed by atoms with Gasteiger partial charge in [0.2, 0.25) is 17.2 Å². The summed E-state index contributed by atoms with van der Waals surface area (Å²) in [4.78, 5) is 27.2. The number of hydrogen-bond donors (Lipinski definition) is 0. The van der Waals surface area contributed by atoms with Gasteiger partial charge in [-0.3, -0.25) is 4.79 Å². The van der Waals surface area contributed by atoms with E-state index < -0.39 is 11.9 Å². The first-order valence-electron chi connectivity index (χ1n) is 13.3. The van der Waals surface area contributed by atoms with Crippen LogP contribution >= 0.6 is 0 Å². The molecule has 10 heteroatoms. The number of hydrogen-bond acceptors (Lipinski definition) is 8. The van der Waals surface area contributed by atoms with E-state index in [1.54, 1.807) is 18.7 Å². The number of carbonyl (C=O) groups excluding carboxylic acids is 2. The number of carbonyl (C=O) groups is 2. The van der Waals surface area contributed by atoms with Gasteiger partial charge in [-0.1, -0.05) is 65.8 Å². The minimum atomic E-state index is -0.620. The molecule has 2 aromatic heterocycles. The number of rotatable bonds is 9. The third-order valence-electron chi connectivity index (χ3n) is 7.20. The van der Waals surface area contributed by atoms with E-state index in [0.29, 0.717) is 47.0 Å². The van der Waals surface area contributed by atoms with E-state index in [0.717, 1.165) is 11.1 Å². The maximum absolute atomic E-state index is 13.8. The fourth-order valence-electron chi connectivity index (χ4n) is 4.92. The first kappa shape index (κ1) is 27.7. The van der Waals surface area contributed by atoms with Crippen molar-refractivity contribution >= 4 is 11.9 Å². The van der Waals surface area contributed by atoms with Crippen LogP contribution in [0.2, 0.25) is 0 Å². The minimum Gasteiger partial charge on any atom is -0.618 e. The first-order chi connectivity index (χ1) is 19.9. The number of methoxy groups -OCH3 is 1. The highest BCUT2D eigenvalue weighted by molar-refractivity contribution is 5.93. The van der Waals surface area contributed by atoms with Crippen LogP contribution in [0.5, 0.6) is 11.5 Å². The summed E-state index contributed by atoms with van der Waals surface area (Å²) < 4.78 is 22.8. The summed E-state index contributed by atoms with van der Waals surface area (Å²) >= 11 is 0. The van der Waals surface area contributed by atoms with E-state index in [9.17, 15) is 14.8 Å². The third kappa shape index (κ3) is 5.86. The van der Waals surface area contributed by atoms with Gasteiger partial charge in [-0.25, -0.2) is 4.79 Å². The molecule has 0 bridgehead atoms. The maximum Gasteiger partial charge on any atom is 0.376 e. The molecule has 4 aromatic rings. The molecule has 41 heavy (non-hydrogen) atoms. The number of benzene rings is 2. The molecule has 0 radical (unpaired) electrons. The monoisotopic (exact) mass is 557 g/mol. The Morgan fingerprint density at radius 3 is 2.22 bits per heavy atom. The molecule has 1 amide bonds. The van der Waals surface area contributed by atoms with Crippen molar-refractivity contribution < 1.29 is 33.1 Å². The Bertz CT molecular complexity index is 1540. The molecular weight excluding hydrogens is 526 g/mol. The molecule has 0 spiro atoms. The average Bonchev–Trinajstić information content (AvgIpc) is 3.69. The minimum absolute atomic E-state index is 0.00226. The Morgan fingerprint density at radius 2 is 1.61 bits per heavy atom. The molecule has 1 aliphatic heterocycles. The lowest BCUT2D eigenvalue weighted by Gasteiger charge is -2.22. The average molecular weight is 558 g/mol. The zero-order valence-electron chi connectivity index (χ0n) is 23.2. The van der Waals surface area contributed by atoms with Crippen LogP contribution in [0.15, 0.2) is 71.3 Å². The van der Waals surface area contributed by atoms with Gasteiger partial charge in [0.15, 0.2) is 5.75 Å². The summed E-state index contributed by atoms with van der Waals surface area (Å²) in [5, 5.41) is 17.6. The van der Waals surface area contributed by atoms with Gasteiger partial charge in [0.1, 0.15) is 13.2 Å². The van der Waals surface area contributed by atoms with Gasteiger partial charge in [-0.05, 0) is 24.5 Å². The Morgan fingerprint density at radius 1 is 1.00 bits per heavy atom. The molecular formula is C31H31N3O7. The number of likely N-dealkylation sites (tertiary alicyclic amines) is 1. The van der Waals surface area contributed by atoms with Crippen molar-refractivity contribution in [2.24, 2.45) is 0 Å². The lowest BCUT2D eigenvalue weighted by molar-refractivity contribution is -0.615. The lowest BCUT2D eigenvalue weighted by atomic mass is 10.1. The van der Waals surface area contributed by atoms with Gasteiger partial charge in [-0.2, -0.15) is 4.73 Å². The Balaban J connectivity index is 1.43. The van der Waals surface area contributed by atoms with Crippen molar-refractivity contribution in [2.45, 2.75) is 39.4 Å². The molecule has 2 aromatic carbocycles. The molecule has 1 fully saturated rings. The molecule has 5 rings (SSSR count).